The van der Waals surface area contributed by atoms with E-state index in [0.717, 1.165) is 24.3 Å². The zero-order valence-corrected chi connectivity index (χ0v) is 18.0. The summed E-state index contributed by atoms with van der Waals surface area (Å²) in [5.41, 5.74) is 2.43. The first-order valence-corrected chi connectivity index (χ1v) is 9.08. The zero-order valence-electron chi connectivity index (χ0n) is 16.3. The summed E-state index contributed by atoms with van der Waals surface area (Å²) in [4.78, 5) is 26.6. The number of nitrogens with one attached hydrogen (secondary N) is 3. The lowest BCUT2D eigenvalue weighted by molar-refractivity contribution is -0.119. The molecule has 1 aromatic rings. The Morgan fingerprint density at radius 3 is 2.41 bits per heavy atom. The Labute approximate surface area is 174 Å². The van der Waals surface area contributed by atoms with E-state index in [0.29, 0.717) is 18.8 Å². The molecule has 1 aromatic carbocycles. The Hall–Kier alpha value is -1.34. The van der Waals surface area contributed by atoms with E-state index in [4.69, 9.17) is 0 Å². The van der Waals surface area contributed by atoms with Crippen LogP contribution < -0.4 is 16.0 Å². The van der Waals surface area contributed by atoms with Crippen molar-refractivity contribution in [3.05, 3.63) is 23.8 Å². The first-order chi connectivity index (χ1) is 12.0. The topological polar surface area (TPSA) is 73.5 Å². The van der Waals surface area contributed by atoms with E-state index >= 15 is 0 Å². The van der Waals surface area contributed by atoms with Gasteiger partial charge in [-0.1, -0.05) is 19.4 Å². The number of anilines is 2. The van der Waals surface area contributed by atoms with E-state index in [1.54, 1.807) is 0 Å². The van der Waals surface area contributed by atoms with Crippen LogP contribution in [0.4, 0.5) is 11.4 Å². The highest BCUT2D eigenvalue weighted by Gasteiger charge is 2.16. The van der Waals surface area contributed by atoms with Crippen LogP contribution in [0, 0.1) is 12.8 Å². The second-order valence-corrected chi connectivity index (χ2v) is 6.86. The average molecular weight is 419 g/mol. The fraction of sp³-hybridized carbons (Fsp3) is 0.579. The Bertz CT molecular complexity index is 607. The predicted octanol–water partition coefficient (Wildman–Crippen LogP) is 3.06. The number of benzene rings is 1. The second kappa shape index (κ2) is 12.9. The molecule has 0 saturated carbocycles. The van der Waals surface area contributed by atoms with Crippen molar-refractivity contribution in [2.45, 2.75) is 33.1 Å². The fourth-order valence-corrected chi connectivity index (χ4v) is 3.01. The van der Waals surface area contributed by atoms with E-state index in [9.17, 15) is 9.59 Å². The Balaban J connectivity index is 0.00000338. The summed E-state index contributed by atoms with van der Waals surface area (Å²) in [7, 11) is 1.83. The number of likely N-dealkylation sites (tertiary alicyclic amines) is 1. The SMILES string of the molecule is CNCC(C)C(=O)Nc1ccc(C)c(NC(=O)CN2CCCCC2)c1.Cl.Cl. The van der Waals surface area contributed by atoms with E-state index in [-0.39, 0.29) is 42.5 Å². The van der Waals surface area contributed by atoms with Crippen molar-refractivity contribution in [1.82, 2.24) is 10.2 Å². The number of nitrogens with zero attached hydrogens (tertiary/aromatic N) is 1. The minimum atomic E-state index is -0.122. The molecule has 0 aromatic heterocycles. The van der Waals surface area contributed by atoms with Gasteiger partial charge < -0.3 is 16.0 Å². The van der Waals surface area contributed by atoms with Gasteiger partial charge in [0.1, 0.15) is 0 Å². The van der Waals surface area contributed by atoms with Crippen LogP contribution in [0.25, 0.3) is 0 Å². The third-order valence-corrected chi connectivity index (χ3v) is 4.55. The molecule has 6 nitrogen and oxygen atoms in total. The molecule has 2 rings (SSSR count). The highest BCUT2D eigenvalue weighted by molar-refractivity contribution is 5.96. The van der Waals surface area contributed by atoms with Crippen LogP contribution in [0.2, 0.25) is 0 Å². The van der Waals surface area contributed by atoms with Crippen molar-refractivity contribution in [2.75, 3.05) is 43.9 Å². The summed E-state index contributed by atoms with van der Waals surface area (Å²) in [5, 5.41) is 8.89. The van der Waals surface area contributed by atoms with Gasteiger partial charge in [0.25, 0.3) is 0 Å². The van der Waals surface area contributed by atoms with Gasteiger partial charge in [-0.25, -0.2) is 0 Å². The van der Waals surface area contributed by atoms with Crippen molar-refractivity contribution in [3.63, 3.8) is 0 Å². The summed E-state index contributed by atoms with van der Waals surface area (Å²) >= 11 is 0. The normalized spacial score (nSPS) is 15.1. The van der Waals surface area contributed by atoms with Crippen molar-refractivity contribution in [3.8, 4) is 0 Å². The zero-order chi connectivity index (χ0) is 18.2. The molecule has 0 bridgehead atoms. The average Bonchev–Trinajstić information content (AvgIpc) is 2.59. The quantitative estimate of drug-likeness (QED) is 0.635. The van der Waals surface area contributed by atoms with E-state index < -0.39 is 0 Å². The third-order valence-electron chi connectivity index (χ3n) is 4.55. The highest BCUT2D eigenvalue weighted by atomic mass is 35.5. The van der Waals surface area contributed by atoms with Crippen LogP contribution in [-0.2, 0) is 9.59 Å². The smallest absolute Gasteiger partial charge is 0.238 e. The number of rotatable bonds is 7. The molecule has 1 atom stereocenters. The van der Waals surface area contributed by atoms with E-state index in [2.05, 4.69) is 20.9 Å². The summed E-state index contributed by atoms with van der Waals surface area (Å²) in [6, 6.07) is 5.60. The number of carbonyl (C=O) groups is 2. The largest absolute Gasteiger partial charge is 0.326 e. The molecule has 1 fully saturated rings. The molecule has 1 saturated heterocycles. The minimum Gasteiger partial charge on any atom is -0.326 e. The molecule has 0 aliphatic carbocycles. The van der Waals surface area contributed by atoms with Gasteiger partial charge in [-0.05, 0) is 57.6 Å². The standard InChI is InChI=1S/C19H30N4O2.2ClH/c1-14-7-8-16(21-19(25)15(2)12-20-3)11-17(14)22-18(24)13-23-9-5-4-6-10-23;;/h7-8,11,15,20H,4-6,9-10,12-13H2,1-3H3,(H,21,25)(H,22,24);2*1H. The molecule has 0 spiro atoms. The monoisotopic (exact) mass is 418 g/mol. The van der Waals surface area contributed by atoms with Crippen molar-refractivity contribution in [1.29, 1.82) is 0 Å². The van der Waals surface area contributed by atoms with Crippen LogP contribution >= 0.6 is 24.8 Å². The molecule has 1 aliphatic rings. The number of hydrogen-bond acceptors (Lipinski definition) is 4. The summed E-state index contributed by atoms with van der Waals surface area (Å²) in [5.74, 6) is -0.163. The maximum Gasteiger partial charge on any atom is 0.238 e. The van der Waals surface area contributed by atoms with Gasteiger partial charge in [0.05, 0.1) is 6.54 Å². The van der Waals surface area contributed by atoms with Crippen molar-refractivity contribution in [2.24, 2.45) is 5.92 Å². The molecule has 3 N–H and O–H groups in total. The number of carbonyl (C=O) groups excluding carboxylic acids is 2. The number of aryl methyl sites for hydroxylation is 1. The molecular weight excluding hydrogens is 387 g/mol. The van der Waals surface area contributed by atoms with Gasteiger partial charge in [0.15, 0.2) is 0 Å². The van der Waals surface area contributed by atoms with Crippen LogP contribution in [-0.4, -0.2) is 49.9 Å². The van der Waals surface area contributed by atoms with E-state index in [1.165, 1.54) is 19.3 Å². The fourth-order valence-electron chi connectivity index (χ4n) is 3.01. The van der Waals surface area contributed by atoms with Crippen LogP contribution in [0.1, 0.15) is 31.7 Å². The molecule has 1 unspecified atom stereocenters. The third kappa shape index (κ3) is 8.47. The van der Waals surface area contributed by atoms with Crippen molar-refractivity contribution < 1.29 is 9.59 Å². The van der Waals surface area contributed by atoms with Gasteiger partial charge in [-0.3, -0.25) is 14.5 Å². The lowest BCUT2D eigenvalue weighted by Gasteiger charge is -2.25. The second-order valence-electron chi connectivity index (χ2n) is 6.86. The van der Waals surface area contributed by atoms with Crippen molar-refractivity contribution >= 4 is 48.0 Å². The summed E-state index contributed by atoms with van der Waals surface area (Å²) in [6.45, 7) is 6.86. The maximum atomic E-state index is 12.3. The number of amides is 2. The molecule has 0 radical (unpaired) electrons. The number of hydrogen-bond donors (Lipinski definition) is 3. The van der Waals surface area contributed by atoms with Gasteiger partial charge in [-0.15, -0.1) is 24.8 Å². The lowest BCUT2D eigenvalue weighted by Crippen LogP contribution is -2.36. The summed E-state index contributed by atoms with van der Waals surface area (Å²) in [6.07, 6.45) is 3.59. The first-order valence-electron chi connectivity index (χ1n) is 9.08. The van der Waals surface area contributed by atoms with Gasteiger partial charge >= 0.3 is 0 Å². The first kappa shape index (κ1) is 25.7. The predicted molar refractivity (Wildman–Crippen MR) is 116 cm³/mol. The Kier molecular flexibility index (Phi) is 12.3. The van der Waals surface area contributed by atoms with E-state index in [1.807, 2.05) is 39.1 Å². The Morgan fingerprint density at radius 1 is 1.11 bits per heavy atom. The van der Waals surface area contributed by atoms with Gasteiger partial charge in [-0.2, -0.15) is 0 Å². The molecule has 27 heavy (non-hydrogen) atoms. The minimum absolute atomic E-state index is 0. The van der Waals surface area contributed by atoms with Gasteiger partial charge in [0, 0.05) is 23.8 Å². The van der Waals surface area contributed by atoms with Crippen LogP contribution in [0.15, 0.2) is 18.2 Å². The molecular formula is C19H32Cl2N4O2. The molecule has 8 heteroatoms. The Morgan fingerprint density at radius 2 is 1.78 bits per heavy atom. The maximum absolute atomic E-state index is 12.3. The van der Waals surface area contributed by atoms with Crippen LogP contribution in [0.3, 0.4) is 0 Å². The molecule has 1 heterocycles. The molecule has 1 aliphatic heterocycles. The lowest BCUT2D eigenvalue weighted by atomic mass is 10.1. The van der Waals surface area contributed by atoms with Gasteiger partial charge in [0.2, 0.25) is 11.8 Å². The number of piperidine rings is 1. The summed E-state index contributed by atoms with van der Waals surface area (Å²) < 4.78 is 0. The number of halogens is 2. The van der Waals surface area contributed by atoms with Crippen LogP contribution in [0.5, 0.6) is 0 Å². The molecule has 2 amide bonds. The highest BCUT2D eigenvalue weighted by Crippen LogP contribution is 2.21. The molecule has 154 valence electrons.